The van der Waals surface area contributed by atoms with Crippen molar-refractivity contribution in [3.05, 3.63) is 66.5 Å². The van der Waals surface area contributed by atoms with Crippen LogP contribution in [0.1, 0.15) is 29.6 Å². The fraction of sp³-hybridized carbons (Fsp3) is 0.333. The number of hydrazine groups is 1. The molecule has 0 atom stereocenters. The van der Waals surface area contributed by atoms with Crippen molar-refractivity contribution >= 4 is 23.5 Å². The standard InChI is InChI=1S/C27H28F2N6O3/c28-26(29)38-23-9-7-19(8-10-23)21-16-30-27(31-17-21)32-22-6-4-5-20(15-22)25(37)33-13-14-35(24(36)18-33)34-11-2-1-3-12-34/h4-10,15-17,26H,1-3,11-14,18H2,(H,30,31,32). The molecule has 198 valence electrons. The smallest absolute Gasteiger partial charge is 0.387 e. The van der Waals surface area contributed by atoms with Gasteiger partial charge in [0.1, 0.15) is 12.3 Å². The Morgan fingerprint density at radius 1 is 0.921 bits per heavy atom. The van der Waals surface area contributed by atoms with Crippen LogP contribution in [0.5, 0.6) is 5.75 Å². The molecule has 11 heteroatoms. The van der Waals surface area contributed by atoms with Gasteiger partial charge in [-0.05, 0) is 48.7 Å². The van der Waals surface area contributed by atoms with E-state index < -0.39 is 6.61 Å². The number of hydrogen-bond donors (Lipinski definition) is 1. The van der Waals surface area contributed by atoms with Crippen LogP contribution in [-0.4, -0.2) is 76.0 Å². The van der Waals surface area contributed by atoms with E-state index in [4.69, 9.17) is 0 Å². The molecule has 5 rings (SSSR count). The summed E-state index contributed by atoms with van der Waals surface area (Å²) in [6.07, 6.45) is 6.59. The maximum atomic E-state index is 13.1. The molecule has 3 aromatic rings. The zero-order chi connectivity index (χ0) is 26.5. The van der Waals surface area contributed by atoms with Gasteiger partial charge < -0.3 is 15.0 Å². The Hall–Kier alpha value is -4.12. The van der Waals surface area contributed by atoms with Crippen molar-refractivity contribution in [2.75, 3.05) is 38.0 Å². The van der Waals surface area contributed by atoms with Gasteiger partial charge in [0.25, 0.3) is 11.8 Å². The van der Waals surface area contributed by atoms with Gasteiger partial charge in [-0.2, -0.15) is 8.78 Å². The van der Waals surface area contributed by atoms with Crippen molar-refractivity contribution in [2.45, 2.75) is 25.9 Å². The van der Waals surface area contributed by atoms with Crippen LogP contribution in [0.15, 0.2) is 60.9 Å². The lowest BCUT2D eigenvalue weighted by molar-refractivity contribution is -0.156. The molecule has 1 aromatic heterocycles. The minimum absolute atomic E-state index is 0.0505. The van der Waals surface area contributed by atoms with Gasteiger partial charge in [0.2, 0.25) is 5.95 Å². The number of aromatic nitrogens is 2. The molecule has 2 aromatic carbocycles. The van der Waals surface area contributed by atoms with E-state index >= 15 is 0 Å². The van der Waals surface area contributed by atoms with Gasteiger partial charge in [-0.25, -0.2) is 15.0 Å². The number of piperidine rings is 1. The number of anilines is 2. The molecular formula is C27H28F2N6O3. The summed E-state index contributed by atoms with van der Waals surface area (Å²) in [5.41, 5.74) is 2.56. The van der Waals surface area contributed by atoms with E-state index in [0.29, 0.717) is 35.9 Å². The first-order valence-electron chi connectivity index (χ1n) is 12.6. The van der Waals surface area contributed by atoms with Crippen LogP contribution in [0.2, 0.25) is 0 Å². The summed E-state index contributed by atoms with van der Waals surface area (Å²) < 4.78 is 29.0. The number of rotatable bonds is 7. The van der Waals surface area contributed by atoms with E-state index in [9.17, 15) is 18.4 Å². The van der Waals surface area contributed by atoms with Gasteiger partial charge in [-0.3, -0.25) is 14.6 Å². The highest BCUT2D eigenvalue weighted by molar-refractivity contribution is 5.97. The third-order valence-electron chi connectivity index (χ3n) is 6.59. The first-order valence-corrected chi connectivity index (χ1v) is 12.6. The second-order valence-corrected chi connectivity index (χ2v) is 9.16. The van der Waals surface area contributed by atoms with Crippen molar-refractivity contribution in [1.29, 1.82) is 0 Å². The summed E-state index contributed by atoms with van der Waals surface area (Å²) >= 11 is 0. The zero-order valence-corrected chi connectivity index (χ0v) is 20.7. The highest BCUT2D eigenvalue weighted by atomic mass is 19.3. The number of halogens is 2. The molecule has 2 aliphatic rings. The fourth-order valence-electron chi connectivity index (χ4n) is 4.67. The Balaban J connectivity index is 1.20. The highest BCUT2D eigenvalue weighted by Gasteiger charge is 2.31. The normalized spacial score (nSPS) is 16.6. The molecule has 0 bridgehead atoms. The third kappa shape index (κ3) is 6.05. The lowest BCUT2D eigenvalue weighted by Gasteiger charge is -2.42. The molecule has 9 nitrogen and oxygen atoms in total. The molecule has 2 saturated heterocycles. The Kier molecular flexibility index (Phi) is 7.73. The van der Waals surface area contributed by atoms with Crippen LogP contribution >= 0.6 is 0 Å². The van der Waals surface area contributed by atoms with Gasteiger partial charge in [0, 0.05) is 48.8 Å². The summed E-state index contributed by atoms with van der Waals surface area (Å²) in [6.45, 7) is -0.0472. The van der Waals surface area contributed by atoms with Crippen LogP contribution in [0, 0.1) is 0 Å². The first kappa shape index (κ1) is 25.5. The van der Waals surface area contributed by atoms with Gasteiger partial charge in [-0.1, -0.05) is 24.6 Å². The fourth-order valence-corrected chi connectivity index (χ4v) is 4.67. The number of carbonyl (C=O) groups excluding carboxylic acids is 2. The molecule has 0 saturated carbocycles. The van der Waals surface area contributed by atoms with E-state index in [0.717, 1.165) is 31.5 Å². The van der Waals surface area contributed by atoms with Crippen molar-refractivity contribution in [2.24, 2.45) is 0 Å². The number of nitrogens with zero attached hydrogens (tertiary/aromatic N) is 5. The van der Waals surface area contributed by atoms with E-state index in [-0.39, 0.29) is 24.1 Å². The molecule has 2 aliphatic heterocycles. The molecule has 38 heavy (non-hydrogen) atoms. The quantitative estimate of drug-likeness (QED) is 0.498. The van der Waals surface area contributed by atoms with Crippen LogP contribution in [0.4, 0.5) is 20.4 Å². The predicted molar refractivity (Wildman–Crippen MR) is 137 cm³/mol. The Labute approximate surface area is 219 Å². The Morgan fingerprint density at radius 2 is 1.66 bits per heavy atom. The summed E-state index contributed by atoms with van der Waals surface area (Å²) in [4.78, 5) is 36.1. The van der Waals surface area contributed by atoms with Crippen molar-refractivity contribution < 1.29 is 23.1 Å². The van der Waals surface area contributed by atoms with Gasteiger partial charge in [-0.15, -0.1) is 0 Å². The average molecular weight is 523 g/mol. The molecule has 3 heterocycles. The molecule has 0 radical (unpaired) electrons. The minimum atomic E-state index is -2.87. The molecule has 1 N–H and O–H groups in total. The lowest BCUT2D eigenvalue weighted by atomic mass is 10.1. The molecular weight excluding hydrogens is 494 g/mol. The third-order valence-corrected chi connectivity index (χ3v) is 6.59. The number of piperazine rings is 1. The van der Waals surface area contributed by atoms with Gasteiger partial charge in [0.15, 0.2) is 0 Å². The summed E-state index contributed by atoms with van der Waals surface area (Å²) in [7, 11) is 0. The number of nitrogens with one attached hydrogen (secondary N) is 1. The second kappa shape index (κ2) is 11.5. The zero-order valence-electron chi connectivity index (χ0n) is 20.7. The maximum Gasteiger partial charge on any atom is 0.387 e. The van der Waals surface area contributed by atoms with Crippen LogP contribution in [-0.2, 0) is 4.79 Å². The highest BCUT2D eigenvalue weighted by Crippen LogP contribution is 2.24. The van der Waals surface area contributed by atoms with Crippen molar-refractivity contribution in [3.63, 3.8) is 0 Å². The van der Waals surface area contributed by atoms with Crippen molar-refractivity contribution in [3.8, 4) is 16.9 Å². The molecule has 0 aliphatic carbocycles. The summed E-state index contributed by atoms with van der Waals surface area (Å²) in [5, 5.41) is 7.00. The number of ether oxygens (including phenoxy) is 1. The Morgan fingerprint density at radius 3 is 2.34 bits per heavy atom. The molecule has 0 spiro atoms. The first-order chi connectivity index (χ1) is 18.5. The predicted octanol–water partition coefficient (Wildman–Crippen LogP) is 4.17. The van der Waals surface area contributed by atoms with E-state index in [2.05, 4.69) is 25.0 Å². The molecule has 2 amide bonds. The summed E-state index contributed by atoms with van der Waals surface area (Å²) in [5.74, 6) is 0.160. The van der Waals surface area contributed by atoms with E-state index in [1.54, 1.807) is 58.7 Å². The maximum absolute atomic E-state index is 13.1. The monoisotopic (exact) mass is 522 g/mol. The van der Waals surface area contributed by atoms with Crippen molar-refractivity contribution in [1.82, 2.24) is 24.9 Å². The number of benzene rings is 2. The summed E-state index contributed by atoms with van der Waals surface area (Å²) in [6, 6.07) is 13.2. The molecule has 0 unspecified atom stereocenters. The van der Waals surface area contributed by atoms with Crippen LogP contribution in [0.3, 0.4) is 0 Å². The average Bonchev–Trinajstić information content (AvgIpc) is 2.94. The Bertz CT molecular complexity index is 1270. The lowest BCUT2D eigenvalue weighted by Crippen LogP contribution is -2.59. The second-order valence-electron chi connectivity index (χ2n) is 9.16. The van der Waals surface area contributed by atoms with E-state index in [1.807, 2.05) is 0 Å². The van der Waals surface area contributed by atoms with Crippen LogP contribution < -0.4 is 10.1 Å². The van der Waals surface area contributed by atoms with E-state index in [1.165, 1.54) is 18.6 Å². The topological polar surface area (TPSA) is 90.9 Å². The largest absolute Gasteiger partial charge is 0.435 e. The van der Waals surface area contributed by atoms with Gasteiger partial charge >= 0.3 is 6.61 Å². The van der Waals surface area contributed by atoms with Gasteiger partial charge in [0.05, 0.1) is 6.54 Å². The SMILES string of the molecule is O=C(c1cccc(Nc2ncc(-c3ccc(OC(F)F)cc3)cn2)c1)N1CCN(N2CCCCC2)C(=O)C1. The number of alkyl halides is 2. The number of carbonyl (C=O) groups is 2. The molecule has 2 fully saturated rings. The number of amides is 2. The van der Waals surface area contributed by atoms with Crippen LogP contribution in [0.25, 0.3) is 11.1 Å². The minimum Gasteiger partial charge on any atom is -0.435 e. The number of hydrogen-bond acceptors (Lipinski definition) is 7.